The van der Waals surface area contributed by atoms with Crippen LogP contribution in [0.25, 0.3) is 0 Å². The summed E-state index contributed by atoms with van der Waals surface area (Å²) >= 11 is 0. The van der Waals surface area contributed by atoms with Gasteiger partial charge in [-0.05, 0) is 6.07 Å². The third-order valence-electron chi connectivity index (χ3n) is 2.40. The van der Waals surface area contributed by atoms with Crippen molar-refractivity contribution >= 4 is 21.5 Å². The van der Waals surface area contributed by atoms with Crippen molar-refractivity contribution in [2.24, 2.45) is 7.05 Å². The first-order valence-electron chi connectivity index (χ1n) is 5.06. The van der Waals surface area contributed by atoms with Gasteiger partial charge in [-0.1, -0.05) is 0 Å². The minimum Gasteiger partial charge on any atom is -0.396 e. The van der Waals surface area contributed by atoms with Gasteiger partial charge in [0, 0.05) is 19.2 Å². The molecular formula is C10H10F2N4O2S. The molecule has 0 atom stereocenters. The van der Waals surface area contributed by atoms with Gasteiger partial charge in [0.25, 0.3) is 10.0 Å². The molecule has 0 aliphatic heterocycles. The molecule has 1 heterocycles. The van der Waals surface area contributed by atoms with Crippen molar-refractivity contribution in [3.63, 3.8) is 0 Å². The summed E-state index contributed by atoms with van der Waals surface area (Å²) in [7, 11) is -2.70. The molecule has 0 unspecified atom stereocenters. The zero-order valence-corrected chi connectivity index (χ0v) is 10.6. The highest BCUT2D eigenvalue weighted by Crippen LogP contribution is 2.23. The van der Waals surface area contributed by atoms with Crippen molar-refractivity contribution in [1.29, 1.82) is 0 Å². The number of nitrogens with one attached hydrogen (secondary N) is 1. The number of aryl methyl sites for hydroxylation is 1. The number of sulfonamides is 1. The Labute approximate surface area is 107 Å². The number of nitrogens with two attached hydrogens (primary N) is 1. The zero-order chi connectivity index (χ0) is 14.2. The molecule has 102 valence electrons. The Hall–Kier alpha value is -2.16. The number of benzene rings is 1. The van der Waals surface area contributed by atoms with Crippen molar-refractivity contribution in [1.82, 2.24) is 9.78 Å². The number of hydrogen-bond donors (Lipinski definition) is 2. The minimum atomic E-state index is -4.21. The fraction of sp³-hybridized carbons (Fsp3) is 0.100. The summed E-state index contributed by atoms with van der Waals surface area (Å²) in [6, 6.07) is 2.54. The van der Waals surface area contributed by atoms with E-state index in [1.807, 2.05) is 0 Å². The maximum atomic E-state index is 13.5. The van der Waals surface area contributed by atoms with Gasteiger partial charge in [-0.3, -0.25) is 9.40 Å². The van der Waals surface area contributed by atoms with Gasteiger partial charge in [0.15, 0.2) is 0 Å². The molecule has 0 fully saturated rings. The Morgan fingerprint density at radius 1 is 1.32 bits per heavy atom. The van der Waals surface area contributed by atoms with Crippen LogP contribution in [0, 0.1) is 11.6 Å². The average molecular weight is 288 g/mol. The Kier molecular flexibility index (Phi) is 3.14. The maximum absolute atomic E-state index is 13.5. The molecule has 0 saturated carbocycles. The number of rotatable bonds is 3. The van der Waals surface area contributed by atoms with Crippen LogP contribution >= 0.6 is 0 Å². The molecule has 1 aromatic carbocycles. The summed E-state index contributed by atoms with van der Waals surface area (Å²) in [5.41, 5.74) is 4.79. The Morgan fingerprint density at radius 2 is 2.00 bits per heavy atom. The van der Waals surface area contributed by atoms with E-state index in [1.54, 1.807) is 0 Å². The van der Waals surface area contributed by atoms with Gasteiger partial charge in [0.1, 0.15) is 22.3 Å². The van der Waals surface area contributed by atoms with Crippen LogP contribution in [-0.2, 0) is 17.1 Å². The zero-order valence-electron chi connectivity index (χ0n) is 9.76. The molecule has 0 aliphatic carbocycles. The monoisotopic (exact) mass is 288 g/mol. The second kappa shape index (κ2) is 4.50. The predicted molar refractivity (Wildman–Crippen MR) is 64.8 cm³/mol. The second-order valence-corrected chi connectivity index (χ2v) is 5.40. The highest BCUT2D eigenvalue weighted by Gasteiger charge is 2.22. The summed E-state index contributed by atoms with van der Waals surface area (Å²) in [5.74, 6) is -2.10. The Morgan fingerprint density at radius 3 is 2.58 bits per heavy atom. The second-order valence-electron chi connectivity index (χ2n) is 3.75. The van der Waals surface area contributed by atoms with Gasteiger partial charge in [0.05, 0.1) is 11.9 Å². The number of nitrogens with zero attached hydrogens (tertiary/aromatic N) is 2. The lowest BCUT2D eigenvalue weighted by atomic mass is 10.3. The molecule has 0 saturated heterocycles. The van der Waals surface area contributed by atoms with Crippen LogP contribution in [0.5, 0.6) is 0 Å². The quantitative estimate of drug-likeness (QED) is 0.827. The van der Waals surface area contributed by atoms with E-state index in [9.17, 15) is 17.2 Å². The fourth-order valence-corrected chi connectivity index (χ4v) is 2.60. The summed E-state index contributed by atoms with van der Waals surface area (Å²) in [6.07, 6.45) is 1.37. The molecule has 3 N–H and O–H groups in total. The van der Waals surface area contributed by atoms with E-state index in [0.29, 0.717) is 6.07 Å². The van der Waals surface area contributed by atoms with Crippen LogP contribution in [-0.4, -0.2) is 18.2 Å². The lowest BCUT2D eigenvalue weighted by Crippen LogP contribution is -2.17. The summed E-state index contributed by atoms with van der Waals surface area (Å²) in [6.45, 7) is 0. The molecule has 2 aromatic rings. The van der Waals surface area contributed by atoms with E-state index >= 15 is 0 Å². The van der Waals surface area contributed by atoms with Crippen LogP contribution in [0.1, 0.15) is 0 Å². The molecule has 0 aliphatic rings. The highest BCUT2D eigenvalue weighted by molar-refractivity contribution is 7.92. The van der Waals surface area contributed by atoms with Crippen molar-refractivity contribution < 1.29 is 17.2 Å². The van der Waals surface area contributed by atoms with E-state index in [1.165, 1.54) is 24.0 Å². The van der Waals surface area contributed by atoms with Crippen molar-refractivity contribution in [2.45, 2.75) is 4.90 Å². The molecule has 0 spiro atoms. The highest BCUT2D eigenvalue weighted by atomic mass is 32.2. The fourth-order valence-electron chi connectivity index (χ4n) is 1.42. The minimum absolute atomic E-state index is 0.141. The molecular weight excluding hydrogens is 278 g/mol. The van der Waals surface area contributed by atoms with Gasteiger partial charge < -0.3 is 5.73 Å². The predicted octanol–water partition coefficient (Wildman–Crippen LogP) is 1.08. The first-order chi connectivity index (χ1) is 8.81. The van der Waals surface area contributed by atoms with Gasteiger partial charge in [0.2, 0.25) is 0 Å². The van der Waals surface area contributed by atoms with E-state index in [4.69, 9.17) is 5.73 Å². The third-order valence-corrected chi connectivity index (χ3v) is 3.77. The van der Waals surface area contributed by atoms with Crippen LogP contribution < -0.4 is 10.5 Å². The smallest absolute Gasteiger partial charge is 0.266 e. The molecule has 9 heteroatoms. The van der Waals surface area contributed by atoms with Crippen molar-refractivity contribution in [2.75, 3.05) is 10.5 Å². The first kappa shape index (κ1) is 13.3. The van der Waals surface area contributed by atoms with Crippen LogP contribution in [0.15, 0.2) is 29.3 Å². The lowest BCUT2D eigenvalue weighted by molar-refractivity contribution is 0.552. The van der Waals surface area contributed by atoms with Gasteiger partial charge >= 0.3 is 0 Å². The standard InChI is InChI=1S/C10H10F2N4O2S/c1-16-10(2-3-14-16)15-19(17,18)9-5-8(13)6(11)4-7(9)12/h2-5,15H,13H2,1H3. The van der Waals surface area contributed by atoms with Crippen molar-refractivity contribution in [3.05, 3.63) is 36.0 Å². The average Bonchev–Trinajstić information content (AvgIpc) is 2.69. The van der Waals surface area contributed by atoms with Gasteiger partial charge in [-0.15, -0.1) is 0 Å². The molecule has 19 heavy (non-hydrogen) atoms. The third kappa shape index (κ3) is 2.50. The summed E-state index contributed by atoms with van der Waals surface area (Å²) in [5, 5.41) is 3.76. The van der Waals surface area contributed by atoms with Gasteiger partial charge in [-0.2, -0.15) is 5.10 Å². The molecule has 0 bridgehead atoms. The maximum Gasteiger partial charge on any atom is 0.266 e. The van der Waals surface area contributed by atoms with Gasteiger partial charge in [-0.25, -0.2) is 17.2 Å². The SMILES string of the molecule is Cn1nccc1NS(=O)(=O)c1cc(N)c(F)cc1F. The molecule has 6 nitrogen and oxygen atoms in total. The van der Waals surface area contributed by atoms with Crippen LogP contribution in [0.4, 0.5) is 20.3 Å². The largest absolute Gasteiger partial charge is 0.396 e. The molecule has 2 rings (SSSR count). The van der Waals surface area contributed by atoms with E-state index < -0.39 is 32.2 Å². The number of halogens is 2. The topological polar surface area (TPSA) is 90.0 Å². The van der Waals surface area contributed by atoms with E-state index in [-0.39, 0.29) is 5.82 Å². The Balaban J connectivity index is 2.46. The van der Waals surface area contributed by atoms with Crippen LogP contribution in [0.2, 0.25) is 0 Å². The summed E-state index contributed by atoms with van der Waals surface area (Å²) in [4.78, 5) is -0.729. The first-order valence-corrected chi connectivity index (χ1v) is 6.55. The Bertz CT molecular complexity index is 727. The van der Waals surface area contributed by atoms with E-state index in [0.717, 1.165) is 6.07 Å². The van der Waals surface area contributed by atoms with E-state index in [2.05, 4.69) is 9.82 Å². The lowest BCUT2D eigenvalue weighted by Gasteiger charge is -2.09. The normalized spacial score (nSPS) is 11.5. The summed E-state index contributed by atoms with van der Waals surface area (Å²) < 4.78 is 53.8. The van der Waals surface area contributed by atoms with Crippen LogP contribution in [0.3, 0.4) is 0 Å². The molecule has 0 amide bonds. The number of aromatic nitrogens is 2. The number of nitrogen functional groups attached to an aromatic ring is 1. The number of hydrogen-bond acceptors (Lipinski definition) is 4. The molecule has 1 aromatic heterocycles. The molecule has 0 radical (unpaired) electrons. The number of anilines is 2. The van der Waals surface area contributed by atoms with Crippen molar-refractivity contribution in [3.8, 4) is 0 Å².